The summed E-state index contributed by atoms with van der Waals surface area (Å²) >= 11 is 0. The predicted molar refractivity (Wildman–Crippen MR) is 55.2 cm³/mol. The van der Waals surface area contributed by atoms with Gasteiger partial charge in [-0.05, 0) is 31.6 Å². The molecule has 0 heterocycles. The Morgan fingerprint density at radius 3 is 2.77 bits per heavy atom. The van der Waals surface area contributed by atoms with Crippen LogP contribution in [0.25, 0.3) is 0 Å². The molecule has 0 aromatic rings. The molecule has 0 aliphatic heterocycles. The van der Waals surface area contributed by atoms with E-state index in [0.717, 1.165) is 18.7 Å². The highest BCUT2D eigenvalue weighted by Gasteiger charge is 2.01. The lowest BCUT2D eigenvalue weighted by molar-refractivity contribution is 0.305. The Morgan fingerprint density at radius 1 is 1.38 bits per heavy atom. The molecule has 0 saturated heterocycles. The summed E-state index contributed by atoms with van der Waals surface area (Å²) in [5.41, 5.74) is 1.26. The Labute approximate surface area is 80.2 Å². The summed E-state index contributed by atoms with van der Waals surface area (Å²) in [6.07, 6.45) is 9.31. The van der Waals surface area contributed by atoms with Crippen LogP contribution in [0.1, 0.15) is 13.3 Å². The molecule has 13 heavy (non-hydrogen) atoms. The molecule has 1 aliphatic rings. The summed E-state index contributed by atoms with van der Waals surface area (Å²) in [5, 5.41) is 0. The maximum Gasteiger partial charge on any atom is 0.115 e. The molecule has 0 spiro atoms. The molecule has 0 aromatic heterocycles. The minimum Gasteiger partial charge on any atom is -0.497 e. The van der Waals surface area contributed by atoms with E-state index in [2.05, 4.69) is 37.1 Å². The van der Waals surface area contributed by atoms with Crippen molar-refractivity contribution in [3.8, 4) is 0 Å². The van der Waals surface area contributed by atoms with E-state index >= 15 is 0 Å². The molecule has 0 atom stereocenters. The van der Waals surface area contributed by atoms with Gasteiger partial charge in [-0.1, -0.05) is 6.08 Å². The van der Waals surface area contributed by atoms with E-state index < -0.39 is 0 Å². The summed E-state index contributed by atoms with van der Waals surface area (Å²) < 4.78 is 5.16. The van der Waals surface area contributed by atoms with Crippen LogP contribution >= 0.6 is 0 Å². The molecule has 1 rings (SSSR count). The minimum absolute atomic E-state index is 0.940. The largest absolute Gasteiger partial charge is 0.497 e. The van der Waals surface area contributed by atoms with Crippen LogP contribution in [0.2, 0.25) is 0 Å². The number of hydrogen-bond donors (Lipinski definition) is 0. The maximum atomic E-state index is 5.16. The quantitative estimate of drug-likeness (QED) is 0.659. The molecule has 0 radical (unpaired) electrons. The molecule has 0 fully saturated rings. The van der Waals surface area contributed by atoms with E-state index in [1.165, 1.54) is 5.70 Å². The lowest BCUT2D eigenvalue weighted by Crippen LogP contribution is -2.15. The highest BCUT2D eigenvalue weighted by molar-refractivity contribution is 5.28. The Hall–Kier alpha value is -1.18. The van der Waals surface area contributed by atoms with Gasteiger partial charge in [-0.15, -0.1) is 0 Å². The summed E-state index contributed by atoms with van der Waals surface area (Å²) in [4.78, 5) is 2.21. The number of rotatable bonds is 3. The van der Waals surface area contributed by atoms with Gasteiger partial charge in [0.1, 0.15) is 5.76 Å². The number of nitrogens with zero attached hydrogens (tertiary/aromatic N) is 1. The topological polar surface area (TPSA) is 12.5 Å². The van der Waals surface area contributed by atoms with Gasteiger partial charge in [0.25, 0.3) is 0 Å². The smallest absolute Gasteiger partial charge is 0.115 e. The van der Waals surface area contributed by atoms with Gasteiger partial charge in [-0.3, -0.25) is 0 Å². The molecule has 2 nitrogen and oxygen atoms in total. The lowest BCUT2D eigenvalue weighted by atomic mass is 10.3. The van der Waals surface area contributed by atoms with E-state index in [1.807, 2.05) is 6.08 Å². The van der Waals surface area contributed by atoms with Gasteiger partial charge in [-0.2, -0.15) is 0 Å². The Morgan fingerprint density at radius 2 is 2.15 bits per heavy atom. The summed E-state index contributed by atoms with van der Waals surface area (Å²) in [5.74, 6) is 0.941. The van der Waals surface area contributed by atoms with E-state index in [0.29, 0.717) is 0 Å². The molecule has 0 amide bonds. The van der Waals surface area contributed by atoms with E-state index in [9.17, 15) is 0 Å². The molecule has 0 aromatic carbocycles. The number of likely N-dealkylation sites (N-methyl/N-ethyl adjacent to an activating group) is 1. The zero-order valence-corrected chi connectivity index (χ0v) is 8.58. The number of hydrogen-bond acceptors (Lipinski definition) is 2. The van der Waals surface area contributed by atoms with Gasteiger partial charge in [0, 0.05) is 19.3 Å². The van der Waals surface area contributed by atoms with Crippen LogP contribution in [0, 0.1) is 0 Å². The van der Waals surface area contributed by atoms with E-state index in [-0.39, 0.29) is 0 Å². The van der Waals surface area contributed by atoms with Crippen molar-refractivity contribution < 1.29 is 4.74 Å². The fourth-order valence-electron chi connectivity index (χ4n) is 1.22. The fraction of sp³-hybridized carbons (Fsp3) is 0.455. The first-order chi connectivity index (χ1) is 6.27. The van der Waals surface area contributed by atoms with Gasteiger partial charge < -0.3 is 9.64 Å². The van der Waals surface area contributed by atoms with Crippen molar-refractivity contribution in [2.45, 2.75) is 13.3 Å². The van der Waals surface area contributed by atoms with Crippen LogP contribution in [0.4, 0.5) is 0 Å². The average Bonchev–Trinajstić information content (AvgIpc) is 2.41. The van der Waals surface area contributed by atoms with Crippen LogP contribution in [-0.4, -0.2) is 25.6 Å². The van der Waals surface area contributed by atoms with Crippen LogP contribution in [-0.2, 0) is 4.74 Å². The molecular formula is C11H17NO. The zero-order valence-electron chi connectivity index (χ0n) is 8.58. The molecule has 0 bridgehead atoms. The third-order valence-corrected chi connectivity index (χ3v) is 2.22. The van der Waals surface area contributed by atoms with Crippen molar-refractivity contribution in [2.24, 2.45) is 0 Å². The maximum absolute atomic E-state index is 5.16. The fourth-order valence-corrected chi connectivity index (χ4v) is 1.22. The van der Waals surface area contributed by atoms with Crippen LogP contribution < -0.4 is 0 Å². The van der Waals surface area contributed by atoms with Gasteiger partial charge in [0.2, 0.25) is 0 Å². The van der Waals surface area contributed by atoms with Crippen LogP contribution in [0.15, 0.2) is 35.8 Å². The molecule has 0 unspecified atom stereocenters. The van der Waals surface area contributed by atoms with Gasteiger partial charge >= 0.3 is 0 Å². The third kappa shape index (κ3) is 2.65. The molecule has 72 valence electrons. The monoisotopic (exact) mass is 179 g/mol. The average molecular weight is 179 g/mol. The second kappa shape index (κ2) is 4.75. The first-order valence-electron chi connectivity index (χ1n) is 4.61. The predicted octanol–water partition coefficient (Wildman–Crippen LogP) is 2.31. The number of allylic oxidation sites excluding steroid dienone is 4. The number of ether oxygens (including phenoxy) is 1. The molecule has 2 heteroatoms. The Kier molecular flexibility index (Phi) is 3.62. The van der Waals surface area contributed by atoms with Crippen molar-refractivity contribution in [1.29, 1.82) is 0 Å². The second-order valence-corrected chi connectivity index (χ2v) is 3.02. The van der Waals surface area contributed by atoms with Gasteiger partial charge in [0.05, 0.1) is 7.11 Å². The second-order valence-electron chi connectivity index (χ2n) is 3.02. The van der Waals surface area contributed by atoms with E-state index in [1.54, 1.807) is 7.11 Å². The van der Waals surface area contributed by atoms with Crippen molar-refractivity contribution in [2.75, 3.05) is 20.7 Å². The number of methoxy groups -OCH3 is 1. The molecule has 0 N–H and O–H groups in total. The Bertz CT molecular complexity index is 251. The van der Waals surface area contributed by atoms with Crippen LogP contribution in [0.5, 0.6) is 0 Å². The van der Waals surface area contributed by atoms with Crippen LogP contribution in [0.3, 0.4) is 0 Å². The molecule has 1 aliphatic carbocycles. The molecule has 0 saturated carbocycles. The van der Waals surface area contributed by atoms with Gasteiger partial charge in [0.15, 0.2) is 0 Å². The summed E-state index contributed by atoms with van der Waals surface area (Å²) in [6, 6.07) is 0. The Balaban J connectivity index is 2.68. The van der Waals surface area contributed by atoms with Gasteiger partial charge in [-0.25, -0.2) is 0 Å². The summed E-state index contributed by atoms with van der Waals surface area (Å²) in [6.45, 7) is 3.17. The lowest BCUT2D eigenvalue weighted by Gasteiger charge is -2.17. The minimum atomic E-state index is 0.940. The van der Waals surface area contributed by atoms with Crippen molar-refractivity contribution >= 4 is 0 Å². The standard InChI is InChI=1S/C11H17NO/c1-4-12(2)10-6-5-7-11(13-3)9-8-10/h6-9H,4-5H2,1-3H3. The van der Waals surface area contributed by atoms with E-state index in [4.69, 9.17) is 4.74 Å². The zero-order chi connectivity index (χ0) is 9.68. The molecular weight excluding hydrogens is 162 g/mol. The van der Waals surface area contributed by atoms with Crippen molar-refractivity contribution in [1.82, 2.24) is 4.90 Å². The first-order valence-corrected chi connectivity index (χ1v) is 4.61. The first kappa shape index (κ1) is 9.90. The summed E-state index contributed by atoms with van der Waals surface area (Å²) in [7, 11) is 3.79. The van der Waals surface area contributed by atoms with Crippen molar-refractivity contribution in [3.63, 3.8) is 0 Å². The highest BCUT2D eigenvalue weighted by atomic mass is 16.5. The highest BCUT2D eigenvalue weighted by Crippen LogP contribution is 2.12. The SMILES string of the molecule is CCN(C)C1=CCC=C(OC)C=C1. The third-order valence-electron chi connectivity index (χ3n) is 2.22. The van der Waals surface area contributed by atoms with Crippen molar-refractivity contribution in [3.05, 3.63) is 35.8 Å². The normalized spacial score (nSPS) is 15.9.